The molecule has 0 radical (unpaired) electrons. The van der Waals surface area contributed by atoms with E-state index in [0.29, 0.717) is 23.6 Å². The minimum absolute atomic E-state index is 0.124. The molecule has 1 fully saturated rings. The van der Waals surface area contributed by atoms with E-state index in [1.54, 1.807) is 19.1 Å². The Labute approximate surface area is 224 Å². The number of carbonyl (C=O) groups is 1. The van der Waals surface area contributed by atoms with E-state index in [1.807, 2.05) is 39.7 Å². The van der Waals surface area contributed by atoms with Gasteiger partial charge in [-0.15, -0.1) is 0 Å². The lowest BCUT2D eigenvalue weighted by Crippen LogP contribution is -2.43. The predicted octanol–water partition coefficient (Wildman–Crippen LogP) is 4.76. The number of hydrogen-bond acceptors (Lipinski definition) is 6. The molecule has 9 nitrogen and oxygen atoms in total. The lowest BCUT2D eigenvalue weighted by atomic mass is 9.91. The fourth-order valence-corrected chi connectivity index (χ4v) is 5.66. The van der Waals surface area contributed by atoms with E-state index in [1.165, 1.54) is 12.4 Å². The number of nitrogens with two attached hydrogens (primary N) is 1. The number of halogens is 1. The number of nitrogens with one attached hydrogen (secondary N) is 1. The zero-order chi connectivity index (χ0) is 27.1. The van der Waals surface area contributed by atoms with Gasteiger partial charge in [-0.1, -0.05) is 24.3 Å². The number of aliphatic carboxylic acids is 1. The predicted molar refractivity (Wildman–Crippen MR) is 148 cm³/mol. The molecule has 0 spiro atoms. The SMILES string of the molecule is C[C@@H](N[C@H]1CC[C@@H](n2nc(-c3ccc4c(ccn4Cc4ccccc4F)c3)c3c(N)ncnc32)CC1)C(=O)O. The second-order valence-corrected chi connectivity index (χ2v) is 10.3. The number of carboxylic acid groups (broad SMARTS) is 1. The average molecular weight is 528 g/mol. The molecular formula is C29H30FN7O2. The number of rotatable bonds is 7. The average Bonchev–Trinajstić information content (AvgIpc) is 3.52. The van der Waals surface area contributed by atoms with Gasteiger partial charge >= 0.3 is 5.97 Å². The van der Waals surface area contributed by atoms with Crippen LogP contribution in [0, 0.1) is 5.82 Å². The third-order valence-corrected chi connectivity index (χ3v) is 7.76. The van der Waals surface area contributed by atoms with Gasteiger partial charge in [0.2, 0.25) is 0 Å². The van der Waals surface area contributed by atoms with Gasteiger partial charge in [0, 0.05) is 34.3 Å². The van der Waals surface area contributed by atoms with Crippen LogP contribution in [0.4, 0.5) is 10.2 Å². The lowest BCUT2D eigenvalue weighted by Gasteiger charge is -2.30. The van der Waals surface area contributed by atoms with Crippen LogP contribution in [0.5, 0.6) is 0 Å². The Balaban J connectivity index is 1.31. The van der Waals surface area contributed by atoms with Gasteiger partial charge < -0.3 is 20.7 Å². The molecule has 0 unspecified atom stereocenters. The van der Waals surface area contributed by atoms with E-state index < -0.39 is 12.0 Å². The summed E-state index contributed by atoms with van der Waals surface area (Å²) in [4.78, 5) is 20.0. The van der Waals surface area contributed by atoms with Crippen LogP contribution >= 0.6 is 0 Å². The van der Waals surface area contributed by atoms with E-state index in [0.717, 1.165) is 53.2 Å². The Bertz CT molecular complexity index is 1670. The molecule has 0 amide bonds. The highest BCUT2D eigenvalue weighted by molar-refractivity contribution is 6.00. The van der Waals surface area contributed by atoms with Gasteiger partial charge in [-0.25, -0.2) is 19.0 Å². The first-order valence-corrected chi connectivity index (χ1v) is 13.2. The summed E-state index contributed by atoms with van der Waals surface area (Å²) in [5.41, 5.74) is 10.3. The minimum Gasteiger partial charge on any atom is -0.480 e. The molecule has 39 heavy (non-hydrogen) atoms. The third-order valence-electron chi connectivity index (χ3n) is 7.76. The van der Waals surface area contributed by atoms with Gasteiger partial charge in [-0.2, -0.15) is 5.10 Å². The smallest absolute Gasteiger partial charge is 0.320 e. The molecule has 0 saturated heterocycles. The highest BCUT2D eigenvalue weighted by Crippen LogP contribution is 2.37. The molecular weight excluding hydrogens is 497 g/mol. The summed E-state index contributed by atoms with van der Waals surface area (Å²) in [5, 5.41) is 19.2. The molecule has 2 aromatic carbocycles. The molecule has 3 heterocycles. The van der Waals surface area contributed by atoms with Crippen LogP contribution in [-0.2, 0) is 11.3 Å². The number of nitrogens with zero attached hydrogens (tertiary/aromatic N) is 5. The monoisotopic (exact) mass is 527 g/mol. The maximum absolute atomic E-state index is 14.2. The summed E-state index contributed by atoms with van der Waals surface area (Å²) >= 11 is 0. The van der Waals surface area contributed by atoms with Crippen LogP contribution in [0.3, 0.4) is 0 Å². The van der Waals surface area contributed by atoms with Crippen LogP contribution in [-0.4, -0.2) is 47.5 Å². The Morgan fingerprint density at radius 1 is 1.15 bits per heavy atom. The van der Waals surface area contributed by atoms with Crippen molar-refractivity contribution in [2.75, 3.05) is 5.73 Å². The molecule has 4 N–H and O–H groups in total. The molecule has 1 aliphatic rings. The maximum atomic E-state index is 14.2. The molecule has 6 rings (SSSR count). The number of anilines is 1. The Morgan fingerprint density at radius 3 is 2.72 bits per heavy atom. The van der Waals surface area contributed by atoms with Gasteiger partial charge in [0.1, 0.15) is 29.7 Å². The summed E-state index contributed by atoms with van der Waals surface area (Å²) in [5.74, 6) is -0.680. The highest BCUT2D eigenvalue weighted by Gasteiger charge is 2.28. The summed E-state index contributed by atoms with van der Waals surface area (Å²) in [6.07, 6.45) is 6.83. The molecule has 1 aliphatic carbocycles. The number of carboxylic acids is 1. The minimum atomic E-state index is -0.841. The van der Waals surface area contributed by atoms with Crippen LogP contribution in [0.2, 0.25) is 0 Å². The van der Waals surface area contributed by atoms with Crippen molar-refractivity contribution in [3.63, 3.8) is 0 Å². The fraction of sp³-hybridized carbons (Fsp3) is 0.310. The first-order valence-electron chi connectivity index (χ1n) is 13.2. The Hall–Kier alpha value is -4.31. The molecule has 200 valence electrons. The quantitative estimate of drug-likeness (QED) is 0.279. The second kappa shape index (κ2) is 10.1. The van der Waals surface area contributed by atoms with Crippen LogP contribution in [0.1, 0.15) is 44.2 Å². The van der Waals surface area contributed by atoms with Crippen LogP contribution in [0.25, 0.3) is 33.2 Å². The molecule has 1 atom stereocenters. The van der Waals surface area contributed by atoms with E-state index >= 15 is 0 Å². The number of nitrogen functional groups attached to an aromatic ring is 1. The van der Waals surface area contributed by atoms with Gasteiger partial charge in [-0.05, 0) is 56.9 Å². The second-order valence-electron chi connectivity index (χ2n) is 10.3. The summed E-state index contributed by atoms with van der Waals surface area (Å²) in [7, 11) is 0. The van der Waals surface area contributed by atoms with Gasteiger partial charge in [0.15, 0.2) is 5.65 Å². The molecule has 1 saturated carbocycles. The largest absolute Gasteiger partial charge is 0.480 e. The summed E-state index contributed by atoms with van der Waals surface area (Å²) in [6.45, 7) is 2.11. The van der Waals surface area contributed by atoms with E-state index in [-0.39, 0.29) is 17.9 Å². The fourth-order valence-electron chi connectivity index (χ4n) is 5.66. The normalized spacial score (nSPS) is 18.5. The van der Waals surface area contributed by atoms with Crippen molar-refractivity contribution in [2.24, 2.45) is 0 Å². The Morgan fingerprint density at radius 2 is 1.95 bits per heavy atom. The molecule has 0 aliphatic heterocycles. The van der Waals surface area contributed by atoms with Crippen molar-refractivity contribution in [1.82, 2.24) is 29.6 Å². The van der Waals surface area contributed by atoms with Crippen LogP contribution < -0.4 is 11.1 Å². The van der Waals surface area contributed by atoms with Crippen LogP contribution in [0.15, 0.2) is 61.1 Å². The molecule has 5 aromatic rings. The van der Waals surface area contributed by atoms with Crippen molar-refractivity contribution >= 4 is 33.7 Å². The zero-order valence-electron chi connectivity index (χ0n) is 21.6. The molecule has 3 aromatic heterocycles. The van der Waals surface area contributed by atoms with E-state index in [9.17, 15) is 14.3 Å². The third kappa shape index (κ3) is 4.72. The number of fused-ring (bicyclic) bond motifs is 2. The lowest BCUT2D eigenvalue weighted by molar-refractivity contribution is -0.139. The number of benzene rings is 2. The zero-order valence-corrected chi connectivity index (χ0v) is 21.6. The van der Waals surface area contributed by atoms with Gasteiger partial charge in [0.25, 0.3) is 0 Å². The van der Waals surface area contributed by atoms with E-state index in [2.05, 4.69) is 21.4 Å². The van der Waals surface area contributed by atoms with Crippen molar-refractivity contribution in [2.45, 2.75) is 57.3 Å². The summed E-state index contributed by atoms with van der Waals surface area (Å²) in [6, 6.07) is 14.6. The standard InChI is InChI=1S/C29H30FN7O2/c1-17(29(38)39)34-21-7-9-22(10-8-21)37-28-25(27(31)32-16-33-28)26(35-37)19-6-11-24-18(14-19)12-13-36(24)15-20-4-2-3-5-23(20)30/h2-6,11-14,16-17,21-22,34H,7-10,15H2,1H3,(H,38,39)(H2,31,32,33)/t17-,21-,22+/m1/s1. The molecule has 10 heteroatoms. The van der Waals surface area contributed by atoms with E-state index in [4.69, 9.17) is 10.8 Å². The van der Waals surface area contributed by atoms with Crippen molar-refractivity contribution < 1.29 is 14.3 Å². The number of aromatic nitrogens is 5. The summed E-state index contributed by atoms with van der Waals surface area (Å²) < 4.78 is 18.2. The van der Waals surface area contributed by atoms with Crippen molar-refractivity contribution in [1.29, 1.82) is 0 Å². The maximum Gasteiger partial charge on any atom is 0.320 e. The molecule has 0 bridgehead atoms. The first kappa shape index (κ1) is 25.0. The number of hydrogen-bond donors (Lipinski definition) is 3. The first-order chi connectivity index (χ1) is 18.9. The van der Waals surface area contributed by atoms with Gasteiger partial charge in [0.05, 0.1) is 18.0 Å². The topological polar surface area (TPSA) is 124 Å². The highest BCUT2D eigenvalue weighted by atomic mass is 19.1. The Kier molecular flexibility index (Phi) is 6.48. The van der Waals surface area contributed by atoms with Crippen molar-refractivity contribution in [3.8, 4) is 11.3 Å². The van der Waals surface area contributed by atoms with Crippen molar-refractivity contribution in [3.05, 3.63) is 72.4 Å². The van der Waals surface area contributed by atoms with Gasteiger partial charge in [-0.3, -0.25) is 4.79 Å².